The van der Waals surface area contributed by atoms with Gasteiger partial charge in [0.25, 0.3) is 0 Å². The summed E-state index contributed by atoms with van der Waals surface area (Å²) in [6, 6.07) is 8.88. The minimum Gasteiger partial charge on any atom is -0.369 e. The van der Waals surface area contributed by atoms with Crippen LogP contribution in [0.25, 0.3) is 0 Å². The molecule has 0 saturated heterocycles. The molecule has 0 aromatic heterocycles. The Labute approximate surface area is 102 Å². The minimum atomic E-state index is -2.13. The van der Waals surface area contributed by atoms with Crippen molar-refractivity contribution in [1.82, 2.24) is 0 Å². The summed E-state index contributed by atoms with van der Waals surface area (Å²) in [5.41, 5.74) is 0. The number of para-hydroxylation sites is 1. The molecule has 1 atom stereocenters. The summed E-state index contributed by atoms with van der Waals surface area (Å²) in [6.45, 7) is 1.08. The van der Waals surface area contributed by atoms with Crippen LogP contribution in [0.1, 0.15) is 6.42 Å². The highest BCUT2D eigenvalue weighted by Gasteiger charge is 2.21. The van der Waals surface area contributed by atoms with E-state index in [2.05, 4.69) is 5.92 Å². The lowest BCUT2D eigenvalue weighted by Crippen LogP contribution is -1.99. The van der Waals surface area contributed by atoms with Crippen LogP contribution in [0.4, 0.5) is 0 Å². The van der Waals surface area contributed by atoms with E-state index in [9.17, 15) is 4.57 Å². The van der Waals surface area contributed by atoms with E-state index in [4.69, 9.17) is 20.2 Å². The Balaban J connectivity index is 2.08. The molecule has 0 aliphatic rings. The predicted octanol–water partition coefficient (Wildman–Crippen LogP) is 2.78. The number of rotatable bonds is 8. The Kier molecular flexibility index (Phi) is 7.01. The lowest BCUT2D eigenvalue weighted by molar-refractivity contribution is 0.146. The van der Waals surface area contributed by atoms with E-state index in [-0.39, 0.29) is 6.61 Å². The van der Waals surface area contributed by atoms with Crippen molar-refractivity contribution in [2.45, 2.75) is 6.42 Å². The van der Waals surface area contributed by atoms with Crippen molar-refractivity contribution < 1.29 is 18.3 Å². The lowest BCUT2D eigenvalue weighted by atomic mass is 10.3. The normalized spacial score (nSPS) is 10.6. The highest BCUT2D eigenvalue weighted by molar-refractivity contribution is 7.33. The maximum atomic E-state index is 11.3. The third-order valence-electron chi connectivity index (χ3n) is 1.74. The Morgan fingerprint density at radius 1 is 1.24 bits per heavy atom. The summed E-state index contributed by atoms with van der Waals surface area (Å²) in [4.78, 5) is 0. The first-order valence-electron chi connectivity index (χ1n) is 5.17. The van der Waals surface area contributed by atoms with Gasteiger partial charge in [0, 0.05) is 4.57 Å². The molecule has 0 saturated carbocycles. The van der Waals surface area contributed by atoms with Crippen LogP contribution in [0.3, 0.4) is 0 Å². The predicted molar refractivity (Wildman–Crippen MR) is 64.9 cm³/mol. The van der Waals surface area contributed by atoms with Gasteiger partial charge in [-0.15, -0.1) is 10.9 Å². The van der Waals surface area contributed by atoms with Crippen molar-refractivity contribution in [1.29, 1.82) is 0 Å². The standard InChI is InChI=1S/C12H14O4P/c1-2-9-14-10-6-11-15-17(13)16-12-7-4-3-5-8-12/h1,3-5,7-8H,6,9-11H2/q+1. The van der Waals surface area contributed by atoms with Crippen molar-refractivity contribution in [3.63, 3.8) is 0 Å². The van der Waals surface area contributed by atoms with Crippen LogP contribution in [-0.2, 0) is 13.8 Å². The molecule has 1 aromatic rings. The number of hydrogen-bond acceptors (Lipinski definition) is 4. The van der Waals surface area contributed by atoms with Crippen LogP contribution >= 0.6 is 8.25 Å². The first-order chi connectivity index (χ1) is 8.33. The van der Waals surface area contributed by atoms with Gasteiger partial charge in [0.15, 0.2) is 5.75 Å². The van der Waals surface area contributed by atoms with Crippen LogP contribution in [0.2, 0.25) is 0 Å². The topological polar surface area (TPSA) is 44.8 Å². The second-order valence-corrected chi connectivity index (χ2v) is 3.96. The van der Waals surface area contributed by atoms with Gasteiger partial charge in [-0.2, -0.15) is 0 Å². The smallest absolute Gasteiger partial charge is 0.369 e. The van der Waals surface area contributed by atoms with E-state index in [1.54, 1.807) is 24.3 Å². The third kappa shape index (κ3) is 6.70. The summed E-state index contributed by atoms with van der Waals surface area (Å²) in [5, 5.41) is 0. The third-order valence-corrected chi connectivity index (χ3v) is 2.49. The second-order valence-electron chi connectivity index (χ2n) is 3.07. The van der Waals surface area contributed by atoms with Crippen molar-refractivity contribution in [2.75, 3.05) is 19.8 Å². The molecular formula is C12H14O4P+. The van der Waals surface area contributed by atoms with Gasteiger partial charge in [-0.1, -0.05) is 24.1 Å². The summed E-state index contributed by atoms with van der Waals surface area (Å²) < 4.78 is 26.4. The monoisotopic (exact) mass is 253 g/mol. The van der Waals surface area contributed by atoms with E-state index < -0.39 is 8.25 Å². The van der Waals surface area contributed by atoms with Gasteiger partial charge >= 0.3 is 8.25 Å². The van der Waals surface area contributed by atoms with Crippen LogP contribution in [-0.4, -0.2) is 19.8 Å². The molecule has 90 valence electrons. The number of benzene rings is 1. The van der Waals surface area contributed by atoms with E-state index in [0.717, 1.165) is 0 Å². The Morgan fingerprint density at radius 2 is 2.00 bits per heavy atom. The zero-order valence-corrected chi connectivity index (χ0v) is 10.3. The number of terminal acetylenes is 1. The largest absolute Gasteiger partial charge is 0.750 e. The first-order valence-corrected chi connectivity index (χ1v) is 6.27. The van der Waals surface area contributed by atoms with E-state index in [1.807, 2.05) is 6.07 Å². The molecule has 0 aliphatic heterocycles. The second kappa shape index (κ2) is 8.72. The molecule has 0 heterocycles. The van der Waals surface area contributed by atoms with Gasteiger partial charge in [0.1, 0.15) is 13.2 Å². The average Bonchev–Trinajstić information content (AvgIpc) is 2.35. The van der Waals surface area contributed by atoms with Crippen LogP contribution < -0.4 is 4.52 Å². The Bertz CT molecular complexity index is 372. The Morgan fingerprint density at radius 3 is 2.71 bits per heavy atom. The van der Waals surface area contributed by atoms with E-state index >= 15 is 0 Å². The average molecular weight is 253 g/mol. The zero-order chi connectivity index (χ0) is 12.3. The van der Waals surface area contributed by atoms with E-state index in [1.165, 1.54) is 0 Å². The molecule has 0 spiro atoms. The van der Waals surface area contributed by atoms with E-state index in [0.29, 0.717) is 25.4 Å². The fourth-order valence-corrected chi connectivity index (χ4v) is 1.65. The maximum absolute atomic E-state index is 11.3. The molecule has 0 amide bonds. The van der Waals surface area contributed by atoms with Crippen molar-refractivity contribution in [2.24, 2.45) is 0 Å². The molecule has 1 aromatic carbocycles. The molecule has 17 heavy (non-hydrogen) atoms. The summed E-state index contributed by atoms with van der Waals surface area (Å²) in [6.07, 6.45) is 5.63. The lowest BCUT2D eigenvalue weighted by Gasteiger charge is -1.96. The van der Waals surface area contributed by atoms with Crippen molar-refractivity contribution in [3.05, 3.63) is 30.3 Å². The van der Waals surface area contributed by atoms with Gasteiger partial charge in [-0.3, -0.25) is 0 Å². The van der Waals surface area contributed by atoms with Crippen LogP contribution in [0.15, 0.2) is 30.3 Å². The highest BCUT2D eigenvalue weighted by Crippen LogP contribution is 2.27. The summed E-state index contributed by atoms with van der Waals surface area (Å²) >= 11 is 0. The molecule has 0 aliphatic carbocycles. The molecule has 1 rings (SSSR count). The molecule has 1 unspecified atom stereocenters. The fourth-order valence-electron chi connectivity index (χ4n) is 1.02. The van der Waals surface area contributed by atoms with Gasteiger partial charge in [-0.25, -0.2) is 4.52 Å². The molecule has 4 nitrogen and oxygen atoms in total. The van der Waals surface area contributed by atoms with Crippen molar-refractivity contribution >= 4 is 8.25 Å². The highest BCUT2D eigenvalue weighted by atomic mass is 31.1. The van der Waals surface area contributed by atoms with Gasteiger partial charge in [-0.05, 0) is 18.6 Å². The summed E-state index contributed by atoms with van der Waals surface area (Å²) in [7, 11) is -2.13. The van der Waals surface area contributed by atoms with Gasteiger partial charge in [0.05, 0.1) is 6.61 Å². The molecule has 0 bridgehead atoms. The fraction of sp³-hybridized carbons (Fsp3) is 0.333. The Hall–Kier alpha value is -1.40. The van der Waals surface area contributed by atoms with Crippen LogP contribution in [0.5, 0.6) is 5.75 Å². The number of hydrogen-bond donors (Lipinski definition) is 0. The quantitative estimate of drug-likeness (QED) is 0.406. The van der Waals surface area contributed by atoms with Crippen LogP contribution in [0, 0.1) is 12.3 Å². The number of ether oxygens (including phenoxy) is 1. The zero-order valence-electron chi connectivity index (χ0n) is 9.37. The maximum Gasteiger partial charge on any atom is 0.750 e. The molecule has 0 radical (unpaired) electrons. The molecule has 0 N–H and O–H groups in total. The molecular weight excluding hydrogens is 239 g/mol. The molecule has 0 fully saturated rings. The van der Waals surface area contributed by atoms with Gasteiger partial charge < -0.3 is 4.74 Å². The first kappa shape index (κ1) is 13.7. The van der Waals surface area contributed by atoms with Gasteiger partial charge in [0.2, 0.25) is 0 Å². The van der Waals surface area contributed by atoms with Crippen molar-refractivity contribution in [3.8, 4) is 18.1 Å². The summed E-state index contributed by atoms with van der Waals surface area (Å²) in [5.74, 6) is 2.88. The SMILES string of the molecule is C#CCOCCCO[P+](=O)Oc1ccccc1. The molecule has 5 heteroatoms. The minimum absolute atomic E-state index is 0.284.